The van der Waals surface area contributed by atoms with Gasteiger partial charge in [-0.3, -0.25) is 29.5 Å². The van der Waals surface area contributed by atoms with Crippen LogP contribution < -0.4 is 11.0 Å². The highest BCUT2D eigenvalue weighted by atomic mass is 16.6. The van der Waals surface area contributed by atoms with E-state index in [1.807, 2.05) is 42.5 Å². The Labute approximate surface area is 204 Å². The first-order chi connectivity index (χ1) is 17.3. The Kier molecular flexibility index (Phi) is 5.69. The third-order valence-corrected chi connectivity index (χ3v) is 6.19. The zero-order valence-electron chi connectivity index (χ0n) is 19.1. The number of H-pyrrole nitrogens is 1. The number of nitro benzene ring substituents is 1. The molecule has 0 saturated heterocycles. The van der Waals surface area contributed by atoms with Gasteiger partial charge in [-0.15, -0.1) is 0 Å². The third-order valence-electron chi connectivity index (χ3n) is 6.19. The highest BCUT2D eigenvalue weighted by Gasteiger charge is 2.36. The number of anilines is 1. The van der Waals surface area contributed by atoms with Gasteiger partial charge in [-0.2, -0.15) is 0 Å². The number of nitrogens with zero attached hydrogens (tertiary/aromatic N) is 3. The van der Waals surface area contributed by atoms with E-state index in [9.17, 15) is 24.8 Å². The van der Waals surface area contributed by atoms with Crippen LogP contribution in [0.25, 0.3) is 0 Å². The molecular weight excluding hydrogens is 462 g/mol. The molecule has 36 heavy (non-hydrogen) atoms. The predicted molar refractivity (Wildman–Crippen MR) is 134 cm³/mol. The topological polar surface area (TPSA) is 143 Å². The van der Waals surface area contributed by atoms with E-state index in [-0.39, 0.29) is 17.5 Å². The van der Waals surface area contributed by atoms with Gasteiger partial charge in [-0.05, 0) is 29.3 Å². The molecule has 0 spiro atoms. The number of benzene rings is 3. The van der Waals surface area contributed by atoms with E-state index in [0.29, 0.717) is 40.3 Å². The lowest BCUT2D eigenvalue weighted by Gasteiger charge is -2.14. The summed E-state index contributed by atoms with van der Waals surface area (Å²) in [4.78, 5) is 42.8. The molecule has 0 fully saturated rings. The van der Waals surface area contributed by atoms with E-state index in [0.717, 1.165) is 5.56 Å². The van der Waals surface area contributed by atoms with Crippen molar-refractivity contribution >= 4 is 28.7 Å². The van der Waals surface area contributed by atoms with E-state index >= 15 is 0 Å². The number of aromatic hydroxyl groups is 1. The maximum atomic E-state index is 13.0. The standard InChI is InChI=1S/C26H21N5O5/c1-30-21(24(32)29-26(30)34)13-15-7-9-17(10-8-15)27-23(16-5-3-2-4-6-16)22-19-14-18(31(35)36)11-12-20(19)28-25(22)33/h2-12,14,22,32H,13H2,1H3,(H,28,33)(H,29,34). The van der Waals surface area contributed by atoms with Gasteiger partial charge in [0.1, 0.15) is 5.92 Å². The zero-order valence-corrected chi connectivity index (χ0v) is 19.1. The Hall–Kier alpha value is -4.99. The van der Waals surface area contributed by atoms with Crippen LogP contribution in [0, 0.1) is 10.1 Å². The van der Waals surface area contributed by atoms with Crippen LogP contribution >= 0.6 is 0 Å². The summed E-state index contributed by atoms with van der Waals surface area (Å²) in [5.74, 6) is -1.31. The molecular formula is C26H21N5O5. The lowest BCUT2D eigenvalue weighted by atomic mass is 9.90. The molecule has 0 bridgehead atoms. The Morgan fingerprint density at radius 3 is 2.44 bits per heavy atom. The van der Waals surface area contributed by atoms with Crippen molar-refractivity contribution in [1.82, 2.24) is 9.55 Å². The van der Waals surface area contributed by atoms with Crippen molar-refractivity contribution in [1.29, 1.82) is 0 Å². The van der Waals surface area contributed by atoms with Crippen LogP contribution in [0.2, 0.25) is 0 Å². The normalized spacial score (nSPS) is 15.0. The van der Waals surface area contributed by atoms with Crippen molar-refractivity contribution in [3.8, 4) is 5.88 Å². The van der Waals surface area contributed by atoms with Gasteiger partial charge in [-0.1, -0.05) is 42.5 Å². The van der Waals surface area contributed by atoms with Gasteiger partial charge in [0.05, 0.1) is 22.0 Å². The Morgan fingerprint density at radius 2 is 1.81 bits per heavy atom. The number of amides is 1. The monoisotopic (exact) mass is 483 g/mol. The molecule has 3 aromatic carbocycles. The van der Waals surface area contributed by atoms with Crippen LogP contribution in [0.5, 0.6) is 5.88 Å². The second-order valence-electron chi connectivity index (χ2n) is 8.44. The van der Waals surface area contributed by atoms with Gasteiger partial charge in [0.25, 0.3) is 5.69 Å². The van der Waals surface area contributed by atoms with E-state index in [4.69, 9.17) is 4.99 Å². The number of hydrogen-bond donors (Lipinski definition) is 3. The highest BCUT2D eigenvalue weighted by Crippen LogP contribution is 2.38. The Morgan fingerprint density at radius 1 is 1.08 bits per heavy atom. The second kappa shape index (κ2) is 8.99. The average molecular weight is 483 g/mol. The number of aromatic amines is 1. The van der Waals surface area contributed by atoms with E-state index in [1.54, 1.807) is 19.2 Å². The van der Waals surface area contributed by atoms with Crippen LogP contribution in [0.1, 0.15) is 28.3 Å². The van der Waals surface area contributed by atoms with Gasteiger partial charge in [-0.25, -0.2) is 4.79 Å². The predicted octanol–water partition coefficient (Wildman–Crippen LogP) is 3.77. The molecule has 1 aliphatic heterocycles. The number of carbonyl (C=O) groups is 1. The summed E-state index contributed by atoms with van der Waals surface area (Å²) in [6, 6.07) is 20.7. The molecule has 10 heteroatoms. The number of hydrogen-bond acceptors (Lipinski definition) is 6. The first-order valence-electron chi connectivity index (χ1n) is 11.1. The van der Waals surface area contributed by atoms with Crippen LogP contribution in [0.4, 0.5) is 17.1 Å². The van der Waals surface area contributed by atoms with Crippen molar-refractivity contribution in [3.05, 3.63) is 116 Å². The lowest BCUT2D eigenvalue weighted by molar-refractivity contribution is -0.384. The lowest BCUT2D eigenvalue weighted by Crippen LogP contribution is -2.22. The number of non-ortho nitro benzene ring substituents is 1. The molecule has 3 N–H and O–H groups in total. The summed E-state index contributed by atoms with van der Waals surface area (Å²) in [5.41, 5.74) is 3.59. The van der Waals surface area contributed by atoms with Crippen molar-refractivity contribution in [2.24, 2.45) is 12.0 Å². The van der Waals surface area contributed by atoms with Gasteiger partial charge >= 0.3 is 5.69 Å². The SMILES string of the molecule is Cn1c(Cc2ccc(N=C(c3ccccc3)C3C(=O)Nc4ccc([N+](=O)[O-])cc43)cc2)c(O)[nH]c1=O. The number of rotatable bonds is 6. The van der Waals surface area contributed by atoms with Crippen molar-refractivity contribution in [2.45, 2.75) is 12.3 Å². The minimum Gasteiger partial charge on any atom is -0.493 e. The molecule has 1 amide bonds. The molecule has 2 heterocycles. The molecule has 10 nitrogen and oxygen atoms in total. The molecule has 0 radical (unpaired) electrons. The second-order valence-corrected chi connectivity index (χ2v) is 8.44. The summed E-state index contributed by atoms with van der Waals surface area (Å²) < 4.78 is 1.35. The number of aliphatic imine (C=N–C) groups is 1. The minimum absolute atomic E-state index is 0.102. The molecule has 0 saturated carbocycles. The van der Waals surface area contributed by atoms with Gasteiger partial charge in [0, 0.05) is 36.9 Å². The highest BCUT2D eigenvalue weighted by molar-refractivity contribution is 6.24. The van der Waals surface area contributed by atoms with Gasteiger partial charge in [0.15, 0.2) is 0 Å². The summed E-state index contributed by atoms with van der Waals surface area (Å²) in [7, 11) is 1.58. The summed E-state index contributed by atoms with van der Waals surface area (Å²) in [5, 5.41) is 24.1. The van der Waals surface area contributed by atoms with Crippen LogP contribution in [-0.4, -0.2) is 31.2 Å². The number of nitrogens with one attached hydrogen (secondary N) is 2. The number of carbonyl (C=O) groups excluding carboxylic acids is 1. The fourth-order valence-corrected chi connectivity index (χ4v) is 4.30. The third kappa shape index (κ3) is 4.16. The Balaban J connectivity index is 1.54. The number of fused-ring (bicyclic) bond motifs is 1. The van der Waals surface area contributed by atoms with Crippen LogP contribution in [0.3, 0.4) is 0 Å². The number of aromatic nitrogens is 2. The zero-order chi connectivity index (χ0) is 25.4. The maximum absolute atomic E-state index is 13.0. The molecule has 4 aromatic rings. The number of imidazole rings is 1. The quantitative estimate of drug-likeness (QED) is 0.217. The summed E-state index contributed by atoms with van der Waals surface area (Å²) in [6.45, 7) is 0. The first-order valence-corrected chi connectivity index (χ1v) is 11.1. The minimum atomic E-state index is -0.826. The van der Waals surface area contributed by atoms with Gasteiger partial charge < -0.3 is 10.4 Å². The van der Waals surface area contributed by atoms with E-state index in [1.165, 1.54) is 22.8 Å². The van der Waals surface area contributed by atoms with Crippen molar-refractivity contribution < 1.29 is 14.8 Å². The molecule has 1 aliphatic rings. The summed E-state index contributed by atoms with van der Waals surface area (Å²) >= 11 is 0. The van der Waals surface area contributed by atoms with E-state index < -0.39 is 16.5 Å². The Bertz CT molecular complexity index is 1570. The molecule has 1 atom stereocenters. The fourth-order valence-electron chi connectivity index (χ4n) is 4.30. The maximum Gasteiger partial charge on any atom is 0.328 e. The molecule has 180 valence electrons. The fraction of sp³-hybridized carbons (Fsp3) is 0.115. The smallest absolute Gasteiger partial charge is 0.328 e. The average Bonchev–Trinajstić information content (AvgIpc) is 3.32. The van der Waals surface area contributed by atoms with Crippen molar-refractivity contribution in [3.63, 3.8) is 0 Å². The van der Waals surface area contributed by atoms with Gasteiger partial charge in [0.2, 0.25) is 11.8 Å². The number of nitro groups is 1. The molecule has 1 unspecified atom stereocenters. The molecule has 0 aliphatic carbocycles. The molecule has 5 rings (SSSR count). The van der Waals surface area contributed by atoms with E-state index in [2.05, 4.69) is 10.3 Å². The largest absolute Gasteiger partial charge is 0.493 e. The van der Waals surface area contributed by atoms with Crippen LogP contribution in [0.15, 0.2) is 82.6 Å². The van der Waals surface area contributed by atoms with Crippen molar-refractivity contribution in [2.75, 3.05) is 5.32 Å². The summed E-state index contributed by atoms with van der Waals surface area (Å²) in [6.07, 6.45) is 0.332. The molecule has 1 aromatic heterocycles. The van der Waals surface area contributed by atoms with Crippen LogP contribution in [-0.2, 0) is 18.3 Å². The first kappa shape index (κ1) is 22.8.